The zero-order valence-corrected chi connectivity index (χ0v) is 17.2. The molecule has 1 heterocycles. The van der Waals surface area contributed by atoms with Crippen LogP contribution in [0.5, 0.6) is 5.75 Å². The first-order valence-corrected chi connectivity index (χ1v) is 9.53. The highest BCUT2D eigenvalue weighted by Gasteiger charge is 2.25. The average Bonchev–Trinajstić information content (AvgIpc) is 3.04. The van der Waals surface area contributed by atoms with Crippen molar-refractivity contribution >= 4 is 29.3 Å². The topological polar surface area (TPSA) is 73.1 Å². The lowest BCUT2D eigenvalue weighted by Gasteiger charge is -2.23. The minimum Gasteiger partial charge on any atom is -0.492 e. The number of likely N-dealkylation sites (N-methyl/N-ethyl adjacent to an activating group) is 1. The Hall–Kier alpha value is -1.80. The SMILES string of the molecule is C[C@H](Sc1nnnn1C(C)(C)C)C(=O)N(C)CCOc1ccc(Cl)cc1. The monoisotopic (exact) mass is 397 g/mol. The van der Waals surface area contributed by atoms with E-state index in [9.17, 15) is 4.79 Å². The van der Waals surface area contributed by atoms with Crippen molar-refractivity contribution in [2.24, 2.45) is 0 Å². The van der Waals surface area contributed by atoms with Gasteiger partial charge in [-0.15, -0.1) is 5.10 Å². The molecule has 0 aliphatic rings. The van der Waals surface area contributed by atoms with Crippen LogP contribution in [-0.4, -0.2) is 56.5 Å². The molecule has 0 radical (unpaired) electrons. The summed E-state index contributed by atoms with van der Waals surface area (Å²) in [5.41, 5.74) is -0.243. The molecule has 0 N–H and O–H groups in total. The summed E-state index contributed by atoms with van der Waals surface area (Å²) in [6, 6.07) is 7.14. The van der Waals surface area contributed by atoms with E-state index in [4.69, 9.17) is 16.3 Å². The van der Waals surface area contributed by atoms with Crippen molar-refractivity contribution in [3.05, 3.63) is 29.3 Å². The van der Waals surface area contributed by atoms with Gasteiger partial charge in [0.05, 0.1) is 17.3 Å². The first-order chi connectivity index (χ1) is 12.2. The summed E-state index contributed by atoms with van der Waals surface area (Å²) >= 11 is 7.20. The molecule has 0 fully saturated rings. The van der Waals surface area contributed by atoms with Gasteiger partial charge in [-0.3, -0.25) is 4.79 Å². The minimum absolute atomic E-state index is 0.00170. The Morgan fingerprint density at radius 2 is 2.00 bits per heavy atom. The second-order valence-electron chi connectivity index (χ2n) is 6.87. The Labute approximate surface area is 163 Å². The Balaban J connectivity index is 1.85. The molecule has 142 valence electrons. The predicted molar refractivity (Wildman–Crippen MR) is 103 cm³/mol. The fourth-order valence-electron chi connectivity index (χ4n) is 2.13. The molecule has 1 amide bonds. The number of hydrogen-bond donors (Lipinski definition) is 0. The van der Waals surface area contributed by atoms with Crippen molar-refractivity contribution < 1.29 is 9.53 Å². The number of ether oxygens (including phenoxy) is 1. The number of rotatable bonds is 7. The third kappa shape index (κ3) is 5.60. The molecule has 0 aliphatic carbocycles. The number of nitrogens with zero attached hydrogens (tertiary/aromatic N) is 5. The number of carbonyl (C=O) groups is 1. The third-order valence-electron chi connectivity index (χ3n) is 3.59. The van der Waals surface area contributed by atoms with Crippen LogP contribution in [0, 0.1) is 0 Å². The summed E-state index contributed by atoms with van der Waals surface area (Å²) in [6.07, 6.45) is 0. The van der Waals surface area contributed by atoms with Crippen LogP contribution in [-0.2, 0) is 10.3 Å². The number of carbonyl (C=O) groups excluding carboxylic acids is 1. The lowest BCUT2D eigenvalue weighted by Crippen LogP contribution is -2.36. The highest BCUT2D eigenvalue weighted by molar-refractivity contribution is 8.00. The number of benzene rings is 1. The summed E-state index contributed by atoms with van der Waals surface area (Å²) < 4.78 is 7.36. The first-order valence-electron chi connectivity index (χ1n) is 8.27. The van der Waals surface area contributed by atoms with Crippen LogP contribution in [0.1, 0.15) is 27.7 Å². The Morgan fingerprint density at radius 1 is 1.35 bits per heavy atom. The van der Waals surface area contributed by atoms with Gasteiger partial charge in [-0.05, 0) is 62.4 Å². The van der Waals surface area contributed by atoms with E-state index in [1.54, 1.807) is 40.9 Å². The maximum absolute atomic E-state index is 12.6. The summed E-state index contributed by atoms with van der Waals surface area (Å²) in [5.74, 6) is 0.722. The second-order valence-corrected chi connectivity index (χ2v) is 8.61. The van der Waals surface area contributed by atoms with Gasteiger partial charge in [-0.2, -0.15) is 0 Å². The molecule has 26 heavy (non-hydrogen) atoms. The Morgan fingerprint density at radius 3 is 2.62 bits per heavy atom. The Bertz CT molecular complexity index is 729. The molecule has 0 saturated carbocycles. The van der Waals surface area contributed by atoms with E-state index in [0.29, 0.717) is 23.3 Å². The van der Waals surface area contributed by atoms with E-state index in [0.717, 1.165) is 5.75 Å². The molecule has 0 spiro atoms. The van der Waals surface area contributed by atoms with Gasteiger partial charge in [0.25, 0.3) is 0 Å². The van der Waals surface area contributed by atoms with Gasteiger partial charge in [0.1, 0.15) is 12.4 Å². The first kappa shape index (κ1) is 20.5. The summed E-state index contributed by atoms with van der Waals surface area (Å²) in [6.45, 7) is 8.78. The second kappa shape index (κ2) is 8.73. The zero-order chi connectivity index (χ0) is 19.3. The summed E-state index contributed by atoms with van der Waals surface area (Å²) in [5, 5.41) is 12.8. The molecule has 2 rings (SSSR count). The number of thioether (sulfide) groups is 1. The van der Waals surface area contributed by atoms with E-state index in [1.165, 1.54) is 11.8 Å². The number of hydrogen-bond acceptors (Lipinski definition) is 6. The standard InChI is InChI=1S/C17H24ClN5O2S/c1-12(26-16-19-20-21-23(16)17(2,3)4)15(24)22(5)10-11-25-14-8-6-13(18)7-9-14/h6-9,12H,10-11H2,1-5H3/t12-/m0/s1. The molecule has 7 nitrogen and oxygen atoms in total. The van der Waals surface area contributed by atoms with Crippen LogP contribution in [0.2, 0.25) is 5.02 Å². The number of halogens is 1. The molecule has 1 aromatic carbocycles. The molecule has 0 saturated heterocycles. The molecule has 0 aliphatic heterocycles. The van der Waals surface area contributed by atoms with E-state index >= 15 is 0 Å². The van der Waals surface area contributed by atoms with E-state index < -0.39 is 0 Å². The van der Waals surface area contributed by atoms with Crippen LogP contribution >= 0.6 is 23.4 Å². The molecule has 2 aromatic rings. The zero-order valence-electron chi connectivity index (χ0n) is 15.6. The van der Waals surface area contributed by atoms with Gasteiger partial charge in [-0.25, -0.2) is 4.68 Å². The highest BCUT2D eigenvalue weighted by Crippen LogP contribution is 2.25. The van der Waals surface area contributed by atoms with Gasteiger partial charge < -0.3 is 9.64 Å². The van der Waals surface area contributed by atoms with Crippen molar-refractivity contribution in [2.75, 3.05) is 20.2 Å². The van der Waals surface area contributed by atoms with Crippen LogP contribution < -0.4 is 4.74 Å². The third-order valence-corrected chi connectivity index (χ3v) is 4.86. The number of amides is 1. The van der Waals surface area contributed by atoms with Gasteiger partial charge >= 0.3 is 0 Å². The summed E-state index contributed by atoms with van der Waals surface area (Å²) in [4.78, 5) is 14.2. The molecular weight excluding hydrogens is 374 g/mol. The maximum Gasteiger partial charge on any atom is 0.235 e. The smallest absolute Gasteiger partial charge is 0.235 e. The van der Waals surface area contributed by atoms with Gasteiger partial charge in [0.15, 0.2) is 0 Å². The molecule has 1 aromatic heterocycles. The van der Waals surface area contributed by atoms with Crippen molar-refractivity contribution in [1.29, 1.82) is 0 Å². The van der Waals surface area contributed by atoms with Crippen molar-refractivity contribution in [3.63, 3.8) is 0 Å². The van der Waals surface area contributed by atoms with E-state index in [1.807, 2.05) is 27.7 Å². The van der Waals surface area contributed by atoms with Gasteiger partial charge in [0.2, 0.25) is 11.1 Å². The predicted octanol–water partition coefficient (Wildman–Crippen LogP) is 3.10. The summed E-state index contributed by atoms with van der Waals surface area (Å²) in [7, 11) is 1.76. The van der Waals surface area contributed by atoms with Crippen LogP contribution in [0.15, 0.2) is 29.4 Å². The largest absolute Gasteiger partial charge is 0.492 e. The van der Waals surface area contributed by atoms with Crippen molar-refractivity contribution in [2.45, 2.75) is 43.6 Å². The molecule has 9 heteroatoms. The minimum atomic E-state index is -0.303. The van der Waals surface area contributed by atoms with Crippen molar-refractivity contribution in [1.82, 2.24) is 25.1 Å². The quantitative estimate of drug-likeness (QED) is 0.668. The van der Waals surface area contributed by atoms with Crippen LogP contribution in [0.4, 0.5) is 0 Å². The molecule has 0 unspecified atom stereocenters. The van der Waals surface area contributed by atoms with Crippen LogP contribution in [0.3, 0.4) is 0 Å². The van der Waals surface area contributed by atoms with E-state index in [2.05, 4.69) is 15.5 Å². The Kier molecular flexibility index (Phi) is 6.88. The fraction of sp³-hybridized carbons (Fsp3) is 0.529. The van der Waals surface area contributed by atoms with E-state index in [-0.39, 0.29) is 16.7 Å². The highest BCUT2D eigenvalue weighted by atomic mass is 35.5. The number of aromatic nitrogens is 4. The van der Waals surface area contributed by atoms with Crippen molar-refractivity contribution in [3.8, 4) is 5.75 Å². The molecule has 0 bridgehead atoms. The van der Waals surface area contributed by atoms with Crippen LogP contribution in [0.25, 0.3) is 0 Å². The van der Waals surface area contributed by atoms with Gasteiger partial charge in [-0.1, -0.05) is 23.4 Å². The normalized spacial score (nSPS) is 12.7. The molecule has 1 atom stereocenters. The molecular formula is C17H24ClN5O2S. The average molecular weight is 398 g/mol. The lowest BCUT2D eigenvalue weighted by molar-refractivity contribution is -0.129. The number of tetrazole rings is 1. The fourth-order valence-corrected chi connectivity index (χ4v) is 3.35. The van der Waals surface area contributed by atoms with Gasteiger partial charge in [0, 0.05) is 12.1 Å². The lowest BCUT2D eigenvalue weighted by atomic mass is 10.1. The maximum atomic E-state index is 12.6.